The number of benzene rings is 1. The van der Waals surface area contributed by atoms with Gasteiger partial charge in [0, 0.05) is 32.4 Å². The van der Waals surface area contributed by atoms with Crippen molar-refractivity contribution in [1.82, 2.24) is 15.6 Å². The van der Waals surface area contributed by atoms with Crippen molar-refractivity contribution in [1.29, 1.82) is 0 Å². The highest BCUT2D eigenvalue weighted by Crippen LogP contribution is 2.11. The van der Waals surface area contributed by atoms with Crippen LogP contribution in [0, 0.1) is 0 Å². The zero-order valence-corrected chi connectivity index (χ0v) is 14.4. The minimum atomic E-state index is 0.612. The Hall–Kier alpha value is -2.76. The van der Waals surface area contributed by atoms with Crippen LogP contribution in [0.15, 0.2) is 47.6 Å². The highest BCUT2D eigenvalue weighted by atomic mass is 16.5. The lowest BCUT2D eigenvalue weighted by atomic mass is 10.1. The fraction of sp³-hybridized carbons (Fsp3) is 0.333. The Bertz CT molecular complexity index is 639. The standard InChI is InChI=1S/C18H24N4O2/c1-19-18(22-13-15-6-9-17(24-3)21-12-15)20-11-10-14-4-7-16(23-2)8-5-14/h4-9,12H,10-11,13H2,1-3H3,(H2,19,20,22). The SMILES string of the molecule is CN=C(NCCc1ccc(OC)cc1)NCc1ccc(OC)nc1. The van der Waals surface area contributed by atoms with Crippen molar-refractivity contribution in [3.63, 3.8) is 0 Å². The minimum Gasteiger partial charge on any atom is -0.497 e. The van der Waals surface area contributed by atoms with Gasteiger partial charge in [-0.1, -0.05) is 18.2 Å². The average Bonchev–Trinajstić information content (AvgIpc) is 2.65. The molecule has 2 aromatic rings. The average molecular weight is 328 g/mol. The van der Waals surface area contributed by atoms with Crippen LogP contribution < -0.4 is 20.1 Å². The van der Waals surface area contributed by atoms with Crippen molar-refractivity contribution in [3.05, 3.63) is 53.7 Å². The van der Waals surface area contributed by atoms with E-state index in [1.54, 1.807) is 27.5 Å². The van der Waals surface area contributed by atoms with Gasteiger partial charge >= 0.3 is 0 Å². The smallest absolute Gasteiger partial charge is 0.212 e. The molecule has 1 heterocycles. The third-order valence-electron chi connectivity index (χ3n) is 3.56. The van der Waals surface area contributed by atoms with Crippen molar-refractivity contribution < 1.29 is 9.47 Å². The minimum absolute atomic E-state index is 0.612. The second-order valence-electron chi connectivity index (χ2n) is 5.16. The topological polar surface area (TPSA) is 67.8 Å². The summed E-state index contributed by atoms with van der Waals surface area (Å²) in [4.78, 5) is 8.41. The Kier molecular flexibility index (Phi) is 6.89. The molecule has 0 radical (unpaired) electrons. The molecule has 1 aromatic carbocycles. The number of hydrogen-bond acceptors (Lipinski definition) is 4. The van der Waals surface area contributed by atoms with Gasteiger partial charge in [0.15, 0.2) is 5.96 Å². The van der Waals surface area contributed by atoms with E-state index >= 15 is 0 Å². The summed E-state index contributed by atoms with van der Waals surface area (Å²) in [6.07, 6.45) is 2.70. The molecule has 0 bridgehead atoms. The Balaban J connectivity index is 1.75. The maximum absolute atomic E-state index is 5.16. The van der Waals surface area contributed by atoms with E-state index in [1.807, 2.05) is 24.3 Å². The van der Waals surface area contributed by atoms with Gasteiger partial charge in [-0.05, 0) is 29.7 Å². The molecule has 128 valence electrons. The second-order valence-corrected chi connectivity index (χ2v) is 5.16. The van der Waals surface area contributed by atoms with E-state index in [0.717, 1.165) is 30.2 Å². The molecule has 2 rings (SSSR count). The summed E-state index contributed by atoms with van der Waals surface area (Å²) in [6, 6.07) is 11.9. The molecule has 0 aliphatic heterocycles. The zero-order chi connectivity index (χ0) is 17.2. The molecule has 2 N–H and O–H groups in total. The summed E-state index contributed by atoms with van der Waals surface area (Å²) in [6.45, 7) is 1.45. The van der Waals surface area contributed by atoms with Crippen molar-refractivity contribution in [2.24, 2.45) is 4.99 Å². The van der Waals surface area contributed by atoms with Crippen molar-refractivity contribution in [2.45, 2.75) is 13.0 Å². The first-order valence-corrected chi connectivity index (χ1v) is 7.81. The molecular formula is C18H24N4O2. The maximum atomic E-state index is 5.16. The predicted octanol–water partition coefficient (Wildman–Crippen LogP) is 2.01. The third kappa shape index (κ3) is 5.46. The summed E-state index contributed by atoms with van der Waals surface area (Å²) < 4.78 is 10.2. The van der Waals surface area contributed by atoms with Gasteiger partial charge in [0.1, 0.15) is 5.75 Å². The van der Waals surface area contributed by atoms with Gasteiger partial charge in [-0.25, -0.2) is 4.98 Å². The van der Waals surface area contributed by atoms with Crippen LogP contribution in [0.2, 0.25) is 0 Å². The lowest BCUT2D eigenvalue weighted by molar-refractivity contribution is 0.397. The van der Waals surface area contributed by atoms with Crippen LogP contribution in [-0.2, 0) is 13.0 Å². The summed E-state index contributed by atoms with van der Waals surface area (Å²) in [5.41, 5.74) is 2.31. The molecule has 0 unspecified atom stereocenters. The normalized spacial score (nSPS) is 11.0. The second kappa shape index (κ2) is 9.39. The van der Waals surface area contributed by atoms with Gasteiger partial charge in [-0.3, -0.25) is 4.99 Å². The van der Waals surface area contributed by atoms with Gasteiger partial charge < -0.3 is 20.1 Å². The number of hydrogen-bond donors (Lipinski definition) is 2. The Morgan fingerprint density at radius 3 is 2.33 bits per heavy atom. The van der Waals surface area contributed by atoms with E-state index in [0.29, 0.717) is 12.4 Å². The monoisotopic (exact) mass is 328 g/mol. The molecule has 0 saturated heterocycles. The van der Waals surface area contributed by atoms with Gasteiger partial charge in [-0.15, -0.1) is 0 Å². The Morgan fingerprint density at radius 2 is 1.75 bits per heavy atom. The third-order valence-corrected chi connectivity index (χ3v) is 3.56. The number of pyridine rings is 1. The van der Waals surface area contributed by atoms with E-state index in [9.17, 15) is 0 Å². The number of aliphatic imine (C=N–C) groups is 1. The van der Waals surface area contributed by atoms with Crippen LogP contribution in [-0.4, -0.2) is 38.8 Å². The fourth-order valence-corrected chi connectivity index (χ4v) is 2.16. The number of methoxy groups -OCH3 is 2. The number of nitrogens with zero attached hydrogens (tertiary/aromatic N) is 2. The number of nitrogens with one attached hydrogen (secondary N) is 2. The lowest BCUT2D eigenvalue weighted by Gasteiger charge is -2.12. The first kappa shape index (κ1) is 17.6. The highest BCUT2D eigenvalue weighted by molar-refractivity contribution is 5.79. The summed E-state index contributed by atoms with van der Waals surface area (Å²) in [5.74, 6) is 2.25. The number of rotatable bonds is 7. The lowest BCUT2D eigenvalue weighted by Crippen LogP contribution is -2.37. The molecule has 6 heteroatoms. The van der Waals surface area contributed by atoms with E-state index in [4.69, 9.17) is 9.47 Å². The summed E-state index contributed by atoms with van der Waals surface area (Å²) >= 11 is 0. The molecular weight excluding hydrogens is 304 g/mol. The Morgan fingerprint density at radius 1 is 1.00 bits per heavy atom. The molecule has 0 amide bonds. The van der Waals surface area contributed by atoms with Crippen LogP contribution in [0.4, 0.5) is 0 Å². The van der Waals surface area contributed by atoms with Gasteiger partial charge in [0.2, 0.25) is 5.88 Å². The first-order valence-electron chi connectivity index (χ1n) is 7.81. The van der Waals surface area contributed by atoms with Crippen LogP contribution in [0.5, 0.6) is 11.6 Å². The number of ether oxygens (including phenoxy) is 2. The predicted molar refractivity (Wildman–Crippen MR) is 95.7 cm³/mol. The molecule has 0 saturated carbocycles. The molecule has 0 aliphatic carbocycles. The molecule has 0 fully saturated rings. The highest BCUT2D eigenvalue weighted by Gasteiger charge is 2.00. The number of guanidine groups is 1. The van der Waals surface area contributed by atoms with Crippen molar-refractivity contribution in [2.75, 3.05) is 27.8 Å². The summed E-state index contributed by atoms with van der Waals surface area (Å²) in [7, 11) is 5.04. The molecule has 24 heavy (non-hydrogen) atoms. The first-order chi connectivity index (χ1) is 11.7. The quantitative estimate of drug-likeness (QED) is 0.601. The molecule has 0 atom stereocenters. The molecule has 1 aromatic heterocycles. The maximum Gasteiger partial charge on any atom is 0.212 e. The van der Waals surface area contributed by atoms with Crippen LogP contribution >= 0.6 is 0 Å². The Labute approximate surface area is 142 Å². The van der Waals surface area contributed by atoms with Crippen LogP contribution in [0.25, 0.3) is 0 Å². The molecule has 0 spiro atoms. The zero-order valence-electron chi connectivity index (χ0n) is 14.4. The molecule has 0 aliphatic rings. The van der Waals surface area contributed by atoms with Crippen LogP contribution in [0.1, 0.15) is 11.1 Å². The van der Waals surface area contributed by atoms with Crippen molar-refractivity contribution >= 4 is 5.96 Å². The largest absolute Gasteiger partial charge is 0.497 e. The van der Waals surface area contributed by atoms with E-state index in [1.165, 1.54) is 5.56 Å². The van der Waals surface area contributed by atoms with E-state index in [2.05, 4.69) is 32.7 Å². The van der Waals surface area contributed by atoms with E-state index in [-0.39, 0.29) is 0 Å². The fourth-order valence-electron chi connectivity index (χ4n) is 2.16. The van der Waals surface area contributed by atoms with E-state index < -0.39 is 0 Å². The van der Waals surface area contributed by atoms with Gasteiger partial charge in [-0.2, -0.15) is 0 Å². The van der Waals surface area contributed by atoms with Crippen LogP contribution in [0.3, 0.4) is 0 Å². The van der Waals surface area contributed by atoms with Gasteiger partial charge in [0.25, 0.3) is 0 Å². The number of aromatic nitrogens is 1. The molecule has 6 nitrogen and oxygen atoms in total. The van der Waals surface area contributed by atoms with Gasteiger partial charge in [0.05, 0.1) is 14.2 Å². The summed E-state index contributed by atoms with van der Waals surface area (Å²) in [5, 5.41) is 6.57. The van der Waals surface area contributed by atoms with Crippen molar-refractivity contribution in [3.8, 4) is 11.6 Å².